The Balaban J connectivity index is 2.28. The number of hydrogen-bond acceptors (Lipinski definition) is 3. The fourth-order valence-electron chi connectivity index (χ4n) is 1.99. The highest BCUT2D eigenvalue weighted by Crippen LogP contribution is 2.18. The third kappa shape index (κ3) is 4.94. The normalized spacial score (nSPS) is 26.5. The molecule has 0 aliphatic heterocycles. The van der Waals surface area contributed by atoms with Gasteiger partial charge in [-0.1, -0.05) is 12.8 Å². The van der Waals surface area contributed by atoms with E-state index in [1.165, 1.54) is 0 Å². The van der Waals surface area contributed by atoms with Crippen LogP contribution in [-0.4, -0.2) is 28.7 Å². The maximum Gasteiger partial charge on any atom is 0.220 e. The van der Waals surface area contributed by atoms with Crippen LogP contribution in [0.5, 0.6) is 0 Å². The number of hydrogen-bond donors (Lipinski definition) is 3. The van der Waals surface area contributed by atoms with Gasteiger partial charge in [0.1, 0.15) is 0 Å². The molecule has 0 aromatic carbocycles. The molecule has 0 heterocycles. The third-order valence-corrected chi connectivity index (χ3v) is 3.07. The zero-order valence-corrected chi connectivity index (χ0v) is 10.3. The smallest absolute Gasteiger partial charge is 0.220 e. The van der Waals surface area contributed by atoms with Gasteiger partial charge in [0.15, 0.2) is 0 Å². The predicted octanol–water partition coefficient (Wildman–Crippen LogP) is 0.924. The molecule has 0 unspecified atom stereocenters. The van der Waals surface area contributed by atoms with E-state index in [0.29, 0.717) is 12.8 Å². The largest absolute Gasteiger partial charge is 0.391 e. The third-order valence-electron chi connectivity index (χ3n) is 3.07. The van der Waals surface area contributed by atoms with Gasteiger partial charge in [0.25, 0.3) is 0 Å². The average Bonchev–Trinajstić information content (AvgIpc) is 2.18. The minimum absolute atomic E-state index is 0.00414. The summed E-state index contributed by atoms with van der Waals surface area (Å²) in [6.07, 6.45) is 4.57. The van der Waals surface area contributed by atoms with E-state index in [0.717, 1.165) is 25.7 Å². The van der Waals surface area contributed by atoms with Crippen LogP contribution in [0.25, 0.3) is 0 Å². The second kappa shape index (κ2) is 5.64. The lowest BCUT2D eigenvalue weighted by Gasteiger charge is -2.28. The molecule has 4 heteroatoms. The van der Waals surface area contributed by atoms with Gasteiger partial charge in [-0.15, -0.1) is 0 Å². The summed E-state index contributed by atoms with van der Waals surface area (Å²) >= 11 is 0. The van der Waals surface area contributed by atoms with Crippen molar-refractivity contribution in [2.45, 2.75) is 70.1 Å². The fraction of sp³-hybridized carbons (Fsp3) is 0.917. The molecule has 1 aliphatic carbocycles. The molecule has 0 aromatic rings. The molecular weight excluding hydrogens is 204 g/mol. The van der Waals surface area contributed by atoms with Crippen LogP contribution in [0.15, 0.2) is 0 Å². The van der Waals surface area contributed by atoms with Crippen LogP contribution in [0.3, 0.4) is 0 Å². The molecule has 0 aromatic heterocycles. The van der Waals surface area contributed by atoms with Crippen LogP contribution < -0.4 is 11.1 Å². The van der Waals surface area contributed by atoms with Gasteiger partial charge < -0.3 is 16.2 Å². The molecule has 1 rings (SSSR count). The summed E-state index contributed by atoms with van der Waals surface area (Å²) in [5, 5.41) is 12.6. The van der Waals surface area contributed by atoms with E-state index in [2.05, 4.69) is 5.32 Å². The second-order valence-corrected chi connectivity index (χ2v) is 5.51. The molecule has 0 spiro atoms. The van der Waals surface area contributed by atoms with Crippen LogP contribution in [0, 0.1) is 0 Å². The lowest BCUT2D eigenvalue weighted by atomic mass is 9.92. The first-order valence-corrected chi connectivity index (χ1v) is 6.15. The molecule has 1 aliphatic rings. The Morgan fingerprint density at radius 2 is 2.06 bits per heavy atom. The van der Waals surface area contributed by atoms with Crippen molar-refractivity contribution in [1.82, 2.24) is 5.32 Å². The molecule has 94 valence electrons. The highest BCUT2D eigenvalue weighted by atomic mass is 16.3. The zero-order chi connectivity index (χ0) is 12.2. The summed E-state index contributed by atoms with van der Waals surface area (Å²) in [6, 6.07) is -0.0536. The number of nitrogens with one attached hydrogen (secondary N) is 1. The van der Waals surface area contributed by atoms with Crippen molar-refractivity contribution in [3.8, 4) is 0 Å². The molecule has 16 heavy (non-hydrogen) atoms. The number of aliphatic hydroxyl groups is 1. The van der Waals surface area contributed by atoms with Gasteiger partial charge in [-0.2, -0.15) is 0 Å². The lowest BCUT2D eigenvalue weighted by Crippen LogP contribution is -2.45. The Hall–Kier alpha value is -0.610. The fourth-order valence-corrected chi connectivity index (χ4v) is 1.99. The minimum atomic E-state index is -0.372. The highest BCUT2D eigenvalue weighted by molar-refractivity contribution is 5.76. The maximum absolute atomic E-state index is 11.6. The molecule has 4 N–H and O–H groups in total. The van der Waals surface area contributed by atoms with Crippen LogP contribution in [-0.2, 0) is 4.79 Å². The number of aliphatic hydroxyl groups excluding tert-OH is 1. The summed E-state index contributed by atoms with van der Waals surface area (Å²) in [7, 11) is 0. The van der Waals surface area contributed by atoms with Crippen molar-refractivity contribution < 1.29 is 9.90 Å². The van der Waals surface area contributed by atoms with Gasteiger partial charge in [0, 0.05) is 12.0 Å². The summed E-state index contributed by atoms with van der Waals surface area (Å²) in [5.74, 6) is 0.00414. The molecular formula is C12H24N2O2. The van der Waals surface area contributed by atoms with E-state index in [1.807, 2.05) is 13.8 Å². The second-order valence-electron chi connectivity index (χ2n) is 5.51. The van der Waals surface area contributed by atoms with E-state index in [1.54, 1.807) is 0 Å². The van der Waals surface area contributed by atoms with Crippen LogP contribution in [0.2, 0.25) is 0 Å². The molecule has 2 atom stereocenters. The Morgan fingerprint density at radius 3 is 2.62 bits per heavy atom. The van der Waals surface area contributed by atoms with Gasteiger partial charge in [-0.05, 0) is 33.1 Å². The van der Waals surface area contributed by atoms with E-state index < -0.39 is 0 Å². The van der Waals surface area contributed by atoms with Crippen molar-refractivity contribution >= 4 is 5.91 Å². The standard InChI is InChI=1S/C12H24N2O2/c1-12(2,13)8-7-11(16)14-9-5-3-4-6-10(9)15/h9-10,15H,3-8,13H2,1-2H3,(H,14,16)/t9-,10-/m0/s1. The number of amides is 1. The highest BCUT2D eigenvalue weighted by Gasteiger charge is 2.24. The van der Waals surface area contributed by atoms with Gasteiger partial charge in [-0.3, -0.25) is 4.79 Å². The quantitative estimate of drug-likeness (QED) is 0.670. The minimum Gasteiger partial charge on any atom is -0.391 e. The van der Waals surface area contributed by atoms with Crippen LogP contribution in [0.4, 0.5) is 0 Å². The van der Waals surface area contributed by atoms with Gasteiger partial charge in [0.05, 0.1) is 12.1 Å². The lowest BCUT2D eigenvalue weighted by molar-refractivity contribution is -0.123. The first-order chi connectivity index (χ1) is 7.38. The molecule has 4 nitrogen and oxygen atoms in total. The maximum atomic E-state index is 11.6. The number of carbonyl (C=O) groups is 1. The predicted molar refractivity (Wildman–Crippen MR) is 63.9 cm³/mol. The van der Waals surface area contributed by atoms with Gasteiger partial charge >= 0.3 is 0 Å². The van der Waals surface area contributed by atoms with Gasteiger partial charge in [0.2, 0.25) is 5.91 Å². The molecule has 1 amide bonds. The van der Waals surface area contributed by atoms with Crippen molar-refractivity contribution in [3.63, 3.8) is 0 Å². The van der Waals surface area contributed by atoms with Crippen LogP contribution >= 0.6 is 0 Å². The van der Waals surface area contributed by atoms with E-state index in [4.69, 9.17) is 5.73 Å². The summed E-state index contributed by atoms with van der Waals surface area (Å²) in [4.78, 5) is 11.6. The SMILES string of the molecule is CC(C)(N)CCC(=O)N[C@H]1CCCC[C@@H]1O. The van der Waals surface area contributed by atoms with Crippen molar-refractivity contribution in [3.05, 3.63) is 0 Å². The Labute approximate surface area is 97.6 Å². The van der Waals surface area contributed by atoms with Crippen molar-refractivity contribution in [2.75, 3.05) is 0 Å². The van der Waals surface area contributed by atoms with Crippen molar-refractivity contribution in [2.24, 2.45) is 5.73 Å². The summed E-state index contributed by atoms with van der Waals surface area (Å²) < 4.78 is 0. The van der Waals surface area contributed by atoms with E-state index >= 15 is 0 Å². The van der Waals surface area contributed by atoms with E-state index in [9.17, 15) is 9.90 Å². The first kappa shape index (κ1) is 13.5. The topological polar surface area (TPSA) is 75.4 Å². The average molecular weight is 228 g/mol. The van der Waals surface area contributed by atoms with Crippen molar-refractivity contribution in [1.29, 1.82) is 0 Å². The molecule has 0 radical (unpaired) electrons. The summed E-state index contributed by atoms with van der Waals surface area (Å²) in [5.41, 5.74) is 5.51. The Kier molecular flexibility index (Phi) is 4.74. The Morgan fingerprint density at radius 1 is 1.44 bits per heavy atom. The number of carbonyl (C=O) groups excluding carboxylic acids is 1. The zero-order valence-electron chi connectivity index (χ0n) is 10.3. The molecule has 1 saturated carbocycles. The number of rotatable bonds is 4. The summed E-state index contributed by atoms with van der Waals surface area (Å²) in [6.45, 7) is 3.82. The van der Waals surface area contributed by atoms with E-state index in [-0.39, 0.29) is 23.6 Å². The molecule has 0 saturated heterocycles. The monoisotopic (exact) mass is 228 g/mol. The van der Waals surface area contributed by atoms with Crippen LogP contribution in [0.1, 0.15) is 52.4 Å². The first-order valence-electron chi connectivity index (χ1n) is 6.15. The molecule has 1 fully saturated rings. The molecule has 0 bridgehead atoms. The van der Waals surface area contributed by atoms with Gasteiger partial charge in [-0.25, -0.2) is 0 Å². The Bertz CT molecular complexity index is 236. The number of nitrogens with two attached hydrogens (primary N) is 1.